The van der Waals surface area contributed by atoms with Crippen molar-refractivity contribution < 1.29 is 12.8 Å². The van der Waals surface area contributed by atoms with Crippen molar-refractivity contribution in [2.24, 2.45) is 0 Å². The molecule has 108 valence electrons. The lowest BCUT2D eigenvalue weighted by Gasteiger charge is -2.10. The molecule has 0 spiro atoms. The molecule has 4 nitrogen and oxygen atoms in total. The van der Waals surface area contributed by atoms with Gasteiger partial charge in [-0.1, -0.05) is 19.9 Å². The van der Waals surface area contributed by atoms with Gasteiger partial charge in [-0.3, -0.25) is 4.72 Å². The number of benzene rings is 1. The smallest absolute Gasteiger partial charge is 0.232 e. The first-order valence-corrected chi connectivity index (χ1v) is 7.95. The summed E-state index contributed by atoms with van der Waals surface area (Å²) in [6.45, 7) is 6.36. The highest BCUT2D eigenvalue weighted by atomic mass is 32.2. The summed E-state index contributed by atoms with van der Waals surface area (Å²) in [6.07, 6.45) is 0.487. The van der Waals surface area contributed by atoms with Gasteiger partial charge in [0.25, 0.3) is 0 Å². The normalized spacial score (nSPS) is 11.8. The summed E-state index contributed by atoms with van der Waals surface area (Å²) in [4.78, 5) is 0. The SMILES string of the molecule is Cc1ccc(NS(=O)(=O)CCCNC(C)C)c(F)c1. The van der Waals surface area contributed by atoms with Crippen LogP contribution >= 0.6 is 0 Å². The van der Waals surface area contributed by atoms with Gasteiger partial charge in [0.05, 0.1) is 11.4 Å². The molecule has 1 rings (SSSR count). The van der Waals surface area contributed by atoms with Crippen molar-refractivity contribution in [3.8, 4) is 0 Å². The van der Waals surface area contributed by atoms with Crippen molar-refractivity contribution in [3.63, 3.8) is 0 Å². The van der Waals surface area contributed by atoms with E-state index in [9.17, 15) is 12.8 Å². The Labute approximate surface area is 114 Å². The van der Waals surface area contributed by atoms with E-state index < -0.39 is 15.8 Å². The van der Waals surface area contributed by atoms with Gasteiger partial charge in [0.2, 0.25) is 10.0 Å². The first-order valence-electron chi connectivity index (χ1n) is 6.30. The third-order valence-electron chi connectivity index (χ3n) is 2.53. The number of rotatable bonds is 7. The molecular weight excluding hydrogens is 267 g/mol. The van der Waals surface area contributed by atoms with Crippen molar-refractivity contribution in [1.29, 1.82) is 0 Å². The molecular formula is C13H21FN2O2S. The van der Waals surface area contributed by atoms with Gasteiger partial charge < -0.3 is 5.32 Å². The van der Waals surface area contributed by atoms with E-state index in [4.69, 9.17) is 0 Å². The van der Waals surface area contributed by atoms with E-state index in [2.05, 4.69) is 10.0 Å². The molecule has 2 N–H and O–H groups in total. The van der Waals surface area contributed by atoms with Crippen molar-refractivity contribution in [2.45, 2.75) is 33.2 Å². The number of aryl methyl sites for hydroxylation is 1. The Balaban J connectivity index is 2.54. The molecule has 0 aliphatic rings. The van der Waals surface area contributed by atoms with E-state index in [1.54, 1.807) is 13.0 Å². The maximum atomic E-state index is 13.5. The molecule has 0 heterocycles. The zero-order valence-corrected chi connectivity index (χ0v) is 12.3. The van der Waals surface area contributed by atoms with Gasteiger partial charge in [0.15, 0.2) is 0 Å². The van der Waals surface area contributed by atoms with Crippen LogP contribution in [0.2, 0.25) is 0 Å². The van der Waals surface area contributed by atoms with Crippen LogP contribution in [0, 0.1) is 12.7 Å². The van der Waals surface area contributed by atoms with Gasteiger partial charge in [-0.05, 0) is 37.6 Å². The lowest BCUT2D eigenvalue weighted by Crippen LogP contribution is -2.26. The number of hydrogen-bond acceptors (Lipinski definition) is 3. The average molecular weight is 288 g/mol. The van der Waals surface area contributed by atoms with Crippen LogP contribution in [0.1, 0.15) is 25.8 Å². The molecule has 19 heavy (non-hydrogen) atoms. The molecule has 1 aromatic rings. The lowest BCUT2D eigenvalue weighted by atomic mass is 10.2. The van der Waals surface area contributed by atoms with Crippen LogP contribution in [0.15, 0.2) is 18.2 Å². The Kier molecular flexibility index (Phi) is 5.75. The number of nitrogens with one attached hydrogen (secondary N) is 2. The van der Waals surface area contributed by atoms with E-state index in [-0.39, 0.29) is 11.4 Å². The Morgan fingerprint density at radius 3 is 2.58 bits per heavy atom. The number of sulfonamides is 1. The Morgan fingerprint density at radius 2 is 2.00 bits per heavy atom. The monoisotopic (exact) mass is 288 g/mol. The average Bonchev–Trinajstić information content (AvgIpc) is 2.28. The highest BCUT2D eigenvalue weighted by Gasteiger charge is 2.12. The summed E-state index contributed by atoms with van der Waals surface area (Å²) < 4.78 is 39.4. The molecule has 0 fully saturated rings. The predicted octanol–water partition coefficient (Wildman–Crippen LogP) is 2.26. The highest BCUT2D eigenvalue weighted by Crippen LogP contribution is 2.16. The first-order chi connectivity index (χ1) is 8.80. The van der Waals surface area contributed by atoms with E-state index in [0.29, 0.717) is 19.0 Å². The molecule has 6 heteroatoms. The molecule has 0 amide bonds. The maximum Gasteiger partial charge on any atom is 0.232 e. The zero-order valence-electron chi connectivity index (χ0n) is 11.5. The van der Waals surface area contributed by atoms with Crippen LogP contribution in [0.4, 0.5) is 10.1 Å². The second kappa shape index (κ2) is 6.86. The lowest BCUT2D eigenvalue weighted by molar-refractivity contribution is 0.570. The second-order valence-corrected chi connectivity index (χ2v) is 6.71. The summed E-state index contributed by atoms with van der Waals surface area (Å²) in [5.74, 6) is -0.580. The van der Waals surface area contributed by atoms with Crippen LogP contribution in [-0.2, 0) is 10.0 Å². The summed E-state index contributed by atoms with van der Waals surface area (Å²) in [7, 11) is -3.50. The Morgan fingerprint density at radius 1 is 1.32 bits per heavy atom. The van der Waals surface area contributed by atoms with Crippen molar-refractivity contribution in [1.82, 2.24) is 5.32 Å². The van der Waals surface area contributed by atoms with Crippen molar-refractivity contribution >= 4 is 15.7 Å². The molecule has 0 atom stereocenters. The first kappa shape index (κ1) is 15.9. The number of anilines is 1. The standard InChI is InChI=1S/C13H21FN2O2S/c1-10(2)15-7-4-8-19(17,18)16-13-6-5-11(3)9-12(13)14/h5-6,9-10,15-16H,4,7-8H2,1-3H3. The molecule has 0 radical (unpaired) electrons. The summed E-state index contributed by atoms with van der Waals surface area (Å²) in [5, 5.41) is 3.13. The quantitative estimate of drug-likeness (QED) is 0.757. The van der Waals surface area contributed by atoms with Gasteiger partial charge in [0.1, 0.15) is 5.82 Å². The van der Waals surface area contributed by atoms with Crippen LogP contribution in [0.25, 0.3) is 0 Å². The summed E-state index contributed by atoms with van der Waals surface area (Å²) in [5.41, 5.74) is 0.754. The van der Waals surface area contributed by atoms with Gasteiger partial charge >= 0.3 is 0 Å². The number of halogens is 1. The molecule has 0 aliphatic carbocycles. The molecule has 0 saturated heterocycles. The van der Waals surface area contributed by atoms with Crippen molar-refractivity contribution in [3.05, 3.63) is 29.6 Å². The Hall–Kier alpha value is -1.14. The van der Waals surface area contributed by atoms with Gasteiger partial charge in [-0.15, -0.1) is 0 Å². The van der Waals surface area contributed by atoms with E-state index >= 15 is 0 Å². The fourth-order valence-corrected chi connectivity index (χ4v) is 2.70. The minimum atomic E-state index is -3.50. The molecule has 0 bridgehead atoms. The molecule has 0 aromatic heterocycles. The minimum absolute atomic E-state index is 0.00224. The summed E-state index contributed by atoms with van der Waals surface area (Å²) >= 11 is 0. The maximum absolute atomic E-state index is 13.5. The molecule has 0 saturated carbocycles. The molecule has 1 aromatic carbocycles. The topological polar surface area (TPSA) is 58.2 Å². The Bertz CT molecular complexity index is 515. The van der Waals surface area contributed by atoms with E-state index in [1.807, 2.05) is 13.8 Å². The summed E-state index contributed by atoms with van der Waals surface area (Å²) in [6, 6.07) is 4.73. The van der Waals surface area contributed by atoms with E-state index in [1.165, 1.54) is 12.1 Å². The second-order valence-electron chi connectivity index (χ2n) is 4.87. The number of hydrogen-bond donors (Lipinski definition) is 2. The third-order valence-corrected chi connectivity index (χ3v) is 3.89. The van der Waals surface area contributed by atoms with Crippen LogP contribution < -0.4 is 10.0 Å². The third kappa shape index (κ3) is 6.02. The highest BCUT2D eigenvalue weighted by molar-refractivity contribution is 7.92. The van der Waals surface area contributed by atoms with E-state index in [0.717, 1.165) is 5.56 Å². The van der Waals surface area contributed by atoms with Crippen molar-refractivity contribution in [2.75, 3.05) is 17.0 Å². The van der Waals surface area contributed by atoms with Crippen LogP contribution in [-0.4, -0.2) is 26.8 Å². The van der Waals surface area contributed by atoms with Crippen LogP contribution in [0.3, 0.4) is 0 Å². The fraction of sp³-hybridized carbons (Fsp3) is 0.538. The van der Waals surface area contributed by atoms with Crippen LogP contribution in [0.5, 0.6) is 0 Å². The zero-order chi connectivity index (χ0) is 14.5. The fourth-order valence-electron chi connectivity index (χ4n) is 1.57. The molecule has 0 unspecified atom stereocenters. The largest absolute Gasteiger partial charge is 0.314 e. The molecule has 0 aliphatic heterocycles. The minimum Gasteiger partial charge on any atom is -0.314 e. The van der Waals surface area contributed by atoms with Gasteiger partial charge in [0, 0.05) is 6.04 Å². The van der Waals surface area contributed by atoms with Gasteiger partial charge in [-0.25, -0.2) is 12.8 Å². The predicted molar refractivity (Wildman–Crippen MR) is 76.3 cm³/mol. The van der Waals surface area contributed by atoms with Gasteiger partial charge in [-0.2, -0.15) is 0 Å².